The van der Waals surface area contributed by atoms with Crippen molar-refractivity contribution < 1.29 is 18.0 Å². The molecular formula is C19H18F3N5O. The van der Waals surface area contributed by atoms with Crippen molar-refractivity contribution in [2.24, 2.45) is 5.73 Å². The van der Waals surface area contributed by atoms with Crippen molar-refractivity contribution >= 4 is 17.4 Å². The molecule has 1 aromatic carbocycles. The van der Waals surface area contributed by atoms with E-state index in [4.69, 9.17) is 5.73 Å². The molecule has 0 saturated carbocycles. The Bertz CT molecular complexity index is 926. The molecule has 1 aromatic heterocycles. The number of aryl methyl sites for hydroxylation is 1. The molecule has 0 unspecified atom stereocenters. The molecule has 0 atom stereocenters. The van der Waals surface area contributed by atoms with Crippen molar-refractivity contribution in [1.29, 1.82) is 5.26 Å². The highest BCUT2D eigenvalue weighted by molar-refractivity contribution is 5.93. The molecule has 1 amide bonds. The fourth-order valence-corrected chi connectivity index (χ4v) is 3.23. The smallest absolute Gasteiger partial charge is 0.368 e. The summed E-state index contributed by atoms with van der Waals surface area (Å²) in [5.41, 5.74) is 5.34. The minimum atomic E-state index is -4.61. The van der Waals surface area contributed by atoms with Gasteiger partial charge in [-0.1, -0.05) is 0 Å². The predicted molar refractivity (Wildman–Crippen MR) is 98.1 cm³/mol. The number of pyridine rings is 1. The number of nitrogens with zero attached hydrogens (tertiary/aromatic N) is 4. The number of piperazine rings is 1. The zero-order valence-electron chi connectivity index (χ0n) is 15.1. The molecule has 28 heavy (non-hydrogen) atoms. The molecule has 0 bridgehead atoms. The highest BCUT2D eigenvalue weighted by Crippen LogP contribution is 2.36. The fraction of sp³-hybridized carbons (Fsp3) is 0.316. The molecule has 2 heterocycles. The van der Waals surface area contributed by atoms with Gasteiger partial charge >= 0.3 is 6.18 Å². The molecule has 2 N–H and O–H groups in total. The van der Waals surface area contributed by atoms with Crippen LogP contribution in [0.4, 0.5) is 24.7 Å². The zero-order valence-corrected chi connectivity index (χ0v) is 15.1. The Morgan fingerprint density at radius 2 is 1.71 bits per heavy atom. The Balaban J connectivity index is 1.81. The van der Waals surface area contributed by atoms with E-state index in [0.29, 0.717) is 31.7 Å². The monoisotopic (exact) mass is 389 g/mol. The normalized spacial score (nSPS) is 14.7. The lowest BCUT2D eigenvalue weighted by atomic mass is 10.1. The van der Waals surface area contributed by atoms with Crippen LogP contribution in [0.15, 0.2) is 30.3 Å². The largest absolute Gasteiger partial charge is 0.417 e. The van der Waals surface area contributed by atoms with Gasteiger partial charge in [0.25, 0.3) is 0 Å². The fourth-order valence-electron chi connectivity index (χ4n) is 3.23. The lowest BCUT2D eigenvalue weighted by Crippen LogP contribution is -2.47. The molecule has 1 aliphatic rings. The number of nitrogens with two attached hydrogens (primary N) is 1. The van der Waals surface area contributed by atoms with Crippen molar-refractivity contribution in [2.75, 3.05) is 36.0 Å². The van der Waals surface area contributed by atoms with Crippen LogP contribution in [0.25, 0.3) is 0 Å². The predicted octanol–water partition coefficient (Wildman–Crippen LogP) is 2.71. The van der Waals surface area contributed by atoms with Gasteiger partial charge in [-0.2, -0.15) is 18.4 Å². The first-order valence-electron chi connectivity index (χ1n) is 8.59. The molecule has 9 heteroatoms. The van der Waals surface area contributed by atoms with Gasteiger partial charge < -0.3 is 15.5 Å². The number of hydrogen-bond donors (Lipinski definition) is 1. The molecule has 0 radical (unpaired) electrons. The summed E-state index contributed by atoms with van der Waals surface area (Å²) in [5, 5.41) is 9.32. The van der Waals surface area contributed by atoms with Crippen LogP contribution >= 0.6 is 0 Å². The van der Waals surface area contributed by atoms with Crippen LogP contribution in [0, 0.1) is 18.3 Å². The number of rotatable bonds is 3. The first-order chi connectivity index (χ1) is 13.2. The number of alkyl halides is 3. The van der Waals surface area contributed by atoms with Crippen LogP contribution in [0.1, 0.15) is 27.2 Å². The van der Waals surface area contributed by atoms with Gasteiger partial charge in [-0.3, -0.25) is 4.79 Å². The molecule has 1 aliphatic heterocycles. The van der Waals surface area contributed by atoms with Gasteiger partial charge in [-0.15, -0.1) is 0 Å². The SMILES string of the molecule is Cc1cc(C(F)(F)F)c(C#N)c(N2CCN(c3ccc(C(N)=O)cc3)CC2)n1. The van der Waals surface area contributed by atoms with Gasteiger partial charge in [0.2, 0.25) is 5.91 Å². The minimum absolute atomic E-state index is 0.0681. The number of aromatic nitrogens is 1. The topological polar surface area (TPSA) is 86.3 Å². The lowest BCUT2D eigenvalue weighted by molar-refractivity contribution is -0.137. The van der Waals surface area contributed by atoms with Crippen molar-refractivity contribution in [3.8, 4) is 6.07 Å². The molecular weight excluding hydrogens is 371 g/mol. The van der Waals surface area contributed by atoms with Gasteiger partial charge in [-0.25, -0.2) is 4.98 Å². The summed E-state index contributed by atoms with van der Waals surface area (Å²) in [6, 6.07) is 9.41. The first-order valence-corrected chi connectivity index (χ1v) is 8.59. The summed E-state index contributed by atoms with van der Waals surface area (Å²) in [6.07, 6.45) is -4.61. The lowest BCUT2D eigenvalue weighted by Gasteiger charge is -2.37. The number of halogens is 3. The van der Waals surface area contributed by atoms with Gasteiger partial charge in [0.05, 0.1) is 5.56 Å². The van der Waals surface area contributed by atoms with E-state index < -0.39 is 23.2 Å². The molecule has 3 rings (SSSR count). The van der Waals surface area contributed by atoms with Crippen molar-refractivity contribution in [2.45, 2.75) is 13.1 Å². The third-order valence-electron chi connectivity index (χ3n) is 4.64. The molecule has 1 saturated heterocycles. The number of amides is 1. The van der Waals surface area contributed by atoms with Crippen molar-refractivity contribution in [3.05, 3.63) is 52.7 Å². The Kier molecular flexibility index (Phi) is 5.14. The summed E-state index contributed by atoms with van der Waals surface area (Å²) in [4.78, 5) is 19.1. The number of primary amides is 1. The van der Waals surface area contributed by atoms with E-state index in [1.807, 2.05) is 4.90 Å². The molecule has 0 spiro atoms. The number of benzene rings is 1. The highest BCUT2D eigenvalue weighted by Gasteiger charge is 2.36. The summed E-state index contributed by atoms with van der Waals surface area (Å²) in [7, 11) is 0. The summed E-state index contributed by atoms with van der Waals surface area (Å²) in [5.74, 6) is -0.440. The average Bonchev–Trinajstić information content (AvgIpc) is 2.67. The molecule has 6 nitrogen and oxygen atoms in total. The van der Waals surface area contributed by atoms with Gasteiger partial charge in [0.1, 0.15) is 17.5 Å². The summed E-state index contributed by atoms with van der Waals surface area (Å²) >= 11 is 0. The van der Waals surface area contributed by atoms with Gasteiger partial charge in [0, 0.05) is 43.1 Å². The van der Waals surface area contributed by atoms with E-state index in [9.17, 15) is 23.2 Å². The second kappa shape index (κ2) is 7.38. The van der Waals surface area contributed by atoms with E-state index in [1.165, 1.54) is 6.92 Å². The van der Waals surface area contributed by atoms with Crippen LogP contribution in [-0.4, -0.2) is 37.1 Å². The zero-order chi connectivity index (χ0) is 20.5. The van der Waals surface area contributed by atoms with E-state index in [1.54, 1.807) is 35.2 Å². The quantitative estimate of drug-likeness (QED) is 0.872. The minimum Gasteiger partial charge on any atom is -0.368 e. The average molecular weight is 389 g/mol. The first kappa shape index (κ1) is 19.5. The van der Waals surface area contributed by atoms with Crippen LogP contribution in [0.2, 0.25) is 0 Å². The molecule has 1 fully saturated rings. The Morgan fingerprint density at radius 1 is 1.14 bits per heavy atom. The second-order valence-electron chi connectivity index (χ2n) is 6.50. The number of nitriles is 1. The standard InChI is InChI=1S/C19H18F3N5O/c1-12-10-16(19(20,21)22)15(11-23)18(25-12)27-8-6-26(7-9-27)14-4-2-13(3-5-14)17(24)28/h2-5,10H,6-9H2,1H3,(H2,24,28). The Labute approximate surface area is 160 Å². The maximum atomic E-state index is 13.3. The van der Waals surface area contributed by atoms with E-state index in [-0.39, 0.29) is 11.5 Å². The number of carbonyl (C=O) groups excluding carboxylic acids is 1. The highest BCUT2D eigenvalue weighted by atomic mass is 19.4. The second-order valence-corrected chi connectivity index (χ2v) is 6.50. The van der Waals surface area contributed by atoms with Crippen LogP contribution in [0.5, 0.6) is 0 Å². The Morgan fingerprint density at radius 3 is 2.21 bits per heavy atom. The maximum Gasteiger partial charge on any atom is 0.417 e. The molecule has 0 aliphatic carbocycles. The van der Waals surface area contributed by atoms with E-state index >= 15 is 0 Å². The van der Waals surface area contributed by atoms with E-state index in [0.717, 1.165) is 11.8 Å². The van der Waals surface area contributed by atoms with E-state index in [2.05, 4.69) is 4.98 Å². The van der Waals surface area contributed by atoms with Crippen molar-refractivity contribution in [3.63, 3.8) is 0 Å². The van der Waals surface area contributed by atoms with Crippen LogP contribution in [0.3, 0.4) is 0 Å². The maximum absolute atomic E-state index is 13.3. The number of hydrogen-bond acceptors (Lipinski definition) is 5. The number of anilines is 2. The van der Waals surface area contributed by atoms with Crippen LogP contribution in [-0.2, 0) is 6.18 Å². The molecule has 146 valence electrons. The van der Waals surface area contributed by atoms with Gasteiger partial charge in [-0.05, 0) is 37.3 Å². The summed E-state index contributed by atoms with van der Waals surface area (Å²) in [6.45, 7) is 3.39. The third-order valence-corrected chi connectivity index (χ3v) is 4.64. The molecule has 2 aromatic rings. The van der Waals surface area contributed by atoms with Crippen molar-refractivity contribution in [1.82, 2.24) is 4.98 Å². The number of carbonyl (C=O) groups is 1. The summed E-state index contributed by atoms with van der Waals surface area (Å²) < 4.78 is 39.9. The third kappa shape index (κ3) is 3.86. The van der Waals surface area contributed by atoms with Crippen LogP contribution < -0.4 is 15.5 Å². The van der Waals surface area contributed by atoms with Gasteiger partial charge in [0.15, 0.2) is 0 Å². The Hall–Kier alpha value is -3.28.